The highest BCUT2D eigenvalue weighted by Crippen LogP contribution is 2.46. The zero-order chi connectivity index (χ0) is 13.2. The minimum atomic E-state index is 0.0630. The predicted octanol–water partition coefficient (Wildman–Crippen LogP) is 4.43. The lowest BCUT2D eigenvalue weighted by Crippen LogP contribution is -2.15. The third-order valence-corrected chi connectivity index (χ3v) is 5.13. The van der Waals surface area contributed by atoms with Crippen molar-refractivity contribution in [3.05, 3.63) is 46.4 Å². The van der Waals surface area contributed by atoms with Gasteiger partial charge in [0.15, 0.2) is 5.78 Å². The summed E-state index contributed by atoms with van der Waals surface area (Å²) in [6.45, 7) is 0. The lowest BCUT2D eigenvalue weighted by Gasteiger charge is -2.17. The fourth-order valence-corrected chi connectivity index (χ4v) is 4.15. The normalized spacial score (nSPS) is 22.5. The molecule has 0 aromatic heterocycles. The Hall–Kier alpha value is -1.35. The summed E-state index contributed by atoms with van der Waals surface area (Å²) in [4.78, 5) is 13.7. The van der Waals surface area contributed by atoms with Crippen molar-refractivity contribution in [3.63, 3.8) is 0 Å². The van der Waals surface area contributed by atoms with E-state index in [1.165, 1.54) is 23.3 Å². The molecule has 98 valence electrons. The van der Waals surface area contributed by atoms with Crippen LogP contribution in [0.3, 0.4) is 0 Å². The third-order valence-electron chi connectivity index (χ3n) is 3.91. The van der Waals surface area contributed by atoms with E-state index in [0.29, 0.717) is 11.5 Å². The Morgan fingerprint density at radius 2 is 1.95 bits per heavy atom. The van der Waals surface area contributed by atoms with Gasteiger partial charge in [0, 0.05) is 17.9 Å². The van der Waals surface area contributed by atoms with Crippen LogP contribution in [0.15, 0.2) is 40.8 Å². The number of benzene rings is 1. The monoisotopic (exact) mass is 271 g/mol. The molecule has 1 heterocycles. The molecule has 0 fully saturated rings. The number of hydrogen-bond donors (Lipinski definition) is 1. The van der Waals surface area contributed by atoms with Crippen molar-refractivity contribution in [2.45, 2.75) is 32.1 Å². The van der Waals surface area contributed by atoms with Crippen LogP contribution < -0.4 is 0 Å². The van der Waals surface area contributed by atoms with Crippen molar-refractivity contribution < 1.29 is 4.79 Å². The van der Waals surface area contributed by atoms with Crippen LogP contribution in [-0.4, -0.2) is 10.8 Å². The third kappa shape index (κ3) is 2.52. The number of nitrogens with one attached hydrogen (secondary N) is 1. The smallest absolute Gasteiger partial charge is 0.163 e. The minimum absolute atomic E-state index is 0.0630. The van der Waals surface area contributed by atoms with Crippen molar-refractivity contribution in [1.82, 2.24) is 0 Å². The molecule has 0 bridgehead atoms. The highest BCUT2D eigenvalue weighted by molar-refractivity contribution is 8.17. The number of hydrogen-bond acceptors (Lipinski definition) is 3. The van der Waals surface area contributed by atoms with Gasteiger partial charge >= 0.3 is 0 Å². The first-order chi connectivity index (χ1) is 9.25. The van der Waals surface area contributed by atoms with E-state index in [-0.39, 0.29) is 11.7 Å². The predicted molar refractivity (Wildman–Crippen MR) is 79.7 cm³/mol. The molecule has 1 aromatic rings. The Morgan fingerprint density at radius 3 is 2.74 bits per heavy atom. The van der Waals surface area contributed by atoms with E-state index in [2.05, 4.69) is 0 Å². The maximum absolute atomic E-state index is 12.3. The topological polar surface area (TPSA) is 40.9 Å². The van der Waals surface area contributed by atoms with Crippen LogP contribution in [0, 0.1) is 11.3 Å². The number of thioether (sulfide) groups is 1. The van der Waals surface area contributed by atoms with Crippen molar-refractivity contribution >= 4 is 22.6 Å². The van der Waals surface area contributed by atoms with Crippen molar-refractivity contribution in [1.29, 1.82) is 5.41 Å². The number of rotatable bonds is 3. The van der Waals surface area contributed by atoms with Crippen molar-refractivity contribution in [2.24, 2.45) is 5.92 Å². The van der Waals surface area contributed by atoms with Crippen LogP contribution in [0.4, 0.5) is 0 Å². The van der Waals surface area contributed by atoms with E-state index in [4.69, 9.17) is 5.41 Å². The quantitative estimate of drug-likeness (QED) is 0.826. The molecule has 1 aliphatic heterocycles. The van der Waals surface area contributed by atoms with E-state index in [1.54, 1.807) is 11.8 Å². The fourth-order valence-electron chi connectivity index (χ4n) is 2.89. The Morgan fingerprint density at radius 1 is 1.21 bits per heavy atom. The first-order valence-electron chi connectivity index (χ1n) is 6.82. The van der Waals surface area contributed by atoms with E-state index in [1.807, 2.05) is 30.3 Å². The highest BCUT2D eigenvalue weighted by atomic mass is 32.2. The molecule has 0 spiro atoms. The van der Waals surface area contributed by atoms with Crippen LogP contribution in [0.25, 0.3) is 0 Å². The van der Waals surface area contributed by atoms with Gasteiger partial charge in [0.1, 0.15) is 0 Å². The van der Waals surface area contributed by atoms with E-state index < -0.39 is 0 Å². The van der Waals surface area contributed by atoms with Gasteiger partial charge in [0.05, 0.1) is 5.04 Å². The first-order valence-corrected chi connectivity index (χ1v) is 7.64. The summed E-state index contributed by atoms with van der Waals surface area (Å²) < 4.78 is 0. The van der Waals surface area contributed by atoms with Gasteiger partial charge in [0.25, 0.3) is 0 Å². The first kappa shape index (κ1) is 12.7. The standard InChI is InChI=1S/C16H17NOS/c17-16-13(12-8-4-5-9-15(12)19-16)10-14(18)11-6-2-1-3-7-11/h1-3,6-7,13,17H,4-5,8-10H2. The van der Waals surface area contributed by atoms with Crippen LogP contribution in [0.1, 0.15) is 42.5 Å². The second-order valence-corrected chi connectivity index (χ2v) is 6.30. The Balaban J connectivity index is 1.78. The van der Waals surface area contributed by atoms with E-state index >= 15 is 0 Å². The molecule has 3 rings (SSSR count). The van der Waals surface area contributed by atoms with E-state index in [0.717, 1.165) is 18.4 Å². The van der Waals surface area contributed by atoms with Gasteiger partial charge in [-0.25, -0.2) is 0 Å². The summed E-state index contributed by atoms with van der Waals surface area (Å²) in [6, 6.07) is 9.45. The average Bonchev–Trinajstić information content (AvgIpc) is 2.76. The molecule has 1 N–H and O–H groups in total. The number of ketones is 1. The molecule has 2 nitrogen and oxygen atoms in total. The maximum atomic E-state index is 12.3. The molecule has 2 aliphatic rings. The van der Waals surface area contributed by atoms with Gasteiger partial charge < -0.3 is 0 Å². The van der Waals surface area contributed by atoms with Gasteiger partial charge in [-0.05, 0) is 30.6 Å². The Bertz CT molecular complexity index is 547. The SMILES string of the molecule is N=C1SC2=C(CCCC2)C1CC(=O)c1ccccc1. The van der Waals surface area contributed by atoms with Gasteiger partial charge in [-0.1, -0.05) is 47.7 Å². The Labute approximate surface area is 117 Å². The molecule has 0 saturated carbocycles. The lowest BCUT2D eigenvalue weighted by molar-refractivity contribution is 0.0975. The molecule has 1 aliphatic carbocycles. The average molecular weight is 271 g/mol. The molecular formula is C16H17NOS. The zero-order valence-electron chi connectivity index (χ0n) is 10.8. The minimum Gasteiger partial charge on any atom is -0.297 e. The van der Waals surface area contributed by atoms with Gasteiger partial charge in [-0.15, -0.1) is 0 Å². The highest BCUT2D eigenvalue weighted by Gasteiger charge is 2.33. The number of carbonyl (C=O) groups is 1. The summed E-state index contributed by atoms with van der Waals surface area (Å²) in [5, 5.41) is 8.80. The molecule has 0 radical (unpaired) electrons. The van der Waals surface area contributed by atoms with Gasteiger partial charge in [0.2, 0.25) is 0 Å². The summed E-state index contributed by atoms with van der Waals surface area (Å²) in [6.07, 6.45) is 5.10. The lowest BCUT2D eigenvalue weighted by atomic mass is 9.86. The molecule has 3 heteroatoms. The second-order valence-electron chi connectivity index (χ2n) is 5.17. The van der Waals surface area contributed by atoms with Gasteiger partial charge in [-0.2, -0.15) is 0 Å². The number of allylic oxidation sites excluding steroid dienone is 2. The molecule has 19 heavy (non-hydrogen) atoms. The van der Waals surface area contributed by atoms with E-state index in [9.17, 15) is 4.79 Å². The number of Topliss-reactive ketones (excluding diaryl/α,β-unsaturated/α-hetero) is 1. The Kier molecular flexibility index (Phi) is 3.56. The summed E-state index contributed by atoms with van der Waals surface area (Å²) >= 11 is 1.61. The summed E-state index contributed by atoms with van der Waals surface area (Å²) in [5.41, 5.74) is 2.15. The number of carbonyl (C=O) groups excluding carboxylic acids is 1. The zero-order valence-corrected chi connectivity index (χ0v) is 11.6. The molecule has 1 aromatic carbocycles. The van der Waals surface area contributed by atoms with Crippen molar-refractivity contribution in [2.75, 3.05) is 0 Å². The van der Waals surface area contributed by atoms with Gasteiger partial charge in [-0.3, -0.25) is 10.2 Å². The van der Waals surface area contributed by atoms with Crippen LogP contribution in [-0.2, 0) is 0 Å². The molecule has 0 amide bonds. The largest absolute Gasteiger partial charge is 0.297 e. The maximum Gasteiger partial charge on any atom is 0.163 e. The summed E-state index contributed by atoms with van der Waals surface area (Å²) in [5.74, 6) is 0.225. The van der Waals surface area contributed by atoms with Crippen molar-refractivity contribution in [3.8, 4) is 0 Å². The molecule has 0 saturated heterocycles. The molecular weight excluding hydrogens is 254 g/mol. The van der Waals surface area contributed by atoms with Crippen LogP contribution in [0.5, 0.6) is 0 Å². The molecule has 1 unspecified atom stereocenters. The molecule has 1 atom stereocenters. The fraction of sp³-hybridized carbons (Fsp3) is 0.375. The van der Waals surface area contributed by atoms with Crippen LogP contribution >= 0.6 is 11.8 Å². The van der Waals surface area contributed by atoms with Crippen LogP contribution in [0.2, 0.25) is 0 Å². The summed E-state index contributed by atoms with van der Waals surface area (Å²) in [7, 11) is 0. The second kappa shape index (κ2) is 5.33.